The van der Waals surface area contributed by atoms with Gasteiger partial charge in [-0.05, 0) is 48.0 Å². The number of aromatic nitrogens is 2. The van der Waals surface area contributed by atoms with Gasteiger partial charge in [0, 0.05) is 11.6 Å². The predicted octanol–water partition coefficient (Wildman–Crippen LogP) is 3.84. The zero-order valence-electron chi connectivity index (χ0n) is 11.7. The average molecular weight is 389 g/mol. The molecule has 1 aromatic heterocycles. The fourth-order valence-corrected chi connectivity index (χ4v) is 2.70. The lowest BCUT2D eigenvalue weighted by Crippen LogP contribution is -2.13. The Kier molecular flexibility index (Phi) is 5.24. The van der Waals surface area contributed by atoms with Crippen molar-refractivity contribution in [2.75, 3.05) is 0 Å². The third-order valence-corrected chi connectivity index (χ3v) is 4.51. The summed E-state index contributed by atoms with van der Waals surface area (Å²) in [5.74, 6) is 0.573. The molecule has 0 aliphatic heterocycles. The molecule has 1 heterocycles. The number of nitrogens with zero attached hydrogens (tertiary/aromatic N) is 2. The molecule has 1 aromatic carbocycles. The van der Waals surface area contributed by atoms with Gasteiger partial charge >= 0.3 is 0 Å². The van der Waals surface area contributed by atoms with Gasteiger partial charge in [-0.2, -0.15) is 5.10 Å². The summed E-state index contributed by atoms with van der Waals surface area (Å²) >= 11 is 14.6. The van der Waals surface area contributed by atoms with Crippen LogP contribution in [0.2, 0.25) is 5.02 Å². The molecule has 2 aromatic rings. The Hall–Kier alpha value is -1.11. The molecule has 2 N–H and O–H groups in total. The van der Waals surface area contributed by atoms with Crippen molar-refractivity contribution in [2.24, 2.45) is 5.73 Å². The first kappa shape index (κ1) is 16.3. The summed E-state index contributed by atoms with van der Waals surface area (Å²) in [6.45, 7) is 5.09. The fourth-order valence-electron chi connectivity index (χ4n) is 1.97. The molecule has 4 nitrogen and oxygen atoms in total. The van der Waals surface area contributed by atoms with Crippen molar-refractivity contribution >= 4 is 44.7 Å². The minimum Gasteiger partial charge on any atom is -0.486 e. The number of hydrogen-bond acceptors (Lipinski definition) is 3. The maximum Gasteiger partial charge on any atom is 0.131 e. The SMILES string of the molecule is CCn1nc(C)c(Br)c1COc1cc(Cl)ccc1C(N)=S. The average Bonchev–Trinajstić information content (AvgIpc) is 2.71. The second kappa shape index (κ2) is 6.77. The van der Waals surface area contributed by atoms with Crippen LogP contribution >= 0.6 is 39.7 Å². The van der Waals surface area contributed by atoms with Crippen LogP contribution in [0.1, 0.15) is 23.9 Å². The van der Waals surface area contributed by atoms with E-state index in [4.69, 9.17) is 34.3 Å². The third kappa shape index (κ3) is 3.56. The molecule has 0 saturated carbocycles. The van der Waals surface area contributed by atoms with Crippen molar-refractivity contribution in [2.45, 2.75) is 27.0 Å². The summed E-state index contributed by atoms with van der Waals surface area (Å²) in [6, 6.07) is 5.21. The molecule has 21 heavy (non-hydrogen) atoms. The van der Waals surface area contributed by atoms with E-state index in [-0.39, 0.29) is 4.99 Å². The topological polar surface area (TPSA) is 53.1 Å². The van der Waals surface area contributed by atoms with Crippen LogP contribution in [0.25, 0.3) is 0 Å². The number of benzene rings is 1. The normalized spacial score (nSPS) is 10.7. The van der Waals surface area contributed by atoms with Crippen molar-refractivity contribution in [3.8, 4) is 5.75 Å². The molecule has 0 spiro atoms. The van der Waals surface area contributed by atoms with Crippen LogP contribution in [0.15, 0.2) is 22.7 Å². The first-order valence-electron chi connectivity index (χ1n) is 6.38. The highest BCUT2D eigenvalue weighted by Gasteiger charge is 2.14. The van der Waals surface area contributed by atoms with Gasteiger partial charge in [0.2, 0.25) is 0 Å². The van der Waals surface area contributed by atoms with Crippen LogP contribution in [0.3, 0.4) is 0 Å². The van der Waals surface area contributed by atoms with Crippen LogP contribution in [0.5, 0.6) is 5.75 Å². The summed E-state index contributed by atoms with van der Waals surface area (Å²) in [5, 5.41) is 5.00. The molecule has 7 heteroatoms. The summed E-state index contributed by atoms with van der Waals surface area (Å²) in [7, 11) is 0. The molecule has 0 aliphatic carbocycles. The molecule has 0 unspecified atom stereocenters. The zero-order chi connectivity index (χ0) is 15.6. The summed E-state index contributed by atoms with van der Waals surface area (Å²) < 4.78 is 8.70. The van der Waals surface area contributed by atoms with E-state index in [1.54, 1.807) is 18.2 Å². The Bertz CT molecular complexity index is 687. The van der Waals surface area contributed by atoms with Gasteiger partial charge in [-0.1, -0.05) is 23.8 Å². The quantitative estimate of drug-likeness (QED) is 0.791. The number of halogens is 2. The van der Waals surface area contributed by atoms with Gasteiger partial charge in [-0.25, -0.2) is 0 Å². The van der Waals surface area contributed by atoms with Crippen molar-refractivity contribution in [1.82, 2.24) is 9.78 Å². The van der Waals surface area contributed by atoms with Crippen LogP contribution in [-0.2, 0) is 13.2 Å². The maximum atomic E-state index is 6.01. The molecule has 0 saturated heterocycles. The lowest BCUT2D eigenvalue weighted by atomic mass is 10.2. The van der Waals surface area contributed by atoms with Gasteiger partial charge in [-0.15, -0.1) is 0 Å². The van der Waals surface area contributed by atoms with E-state index in [1.807, 2.05) is 18.5 Å². The summed E-state index contributed by atoms with van der Waals surface area (Å²) in [5.41, 5.74) is 8.27. The smallest absolute Gasteiger partial charge is 0.131 e. The monoisotopic (exact) mass is 387 g/mol. The molecular formula is C14H15BrClN3OS. The van der Waals surface area contributed by atoms with E-state index in [2.05, 4.69) is 21.0 Å². The third-order valence-electron chi connectivity index (χ3n) is 3.03. The van der Waals surface area contributed by atoms with Crippen LogP contribution < -0.4 is 10.5 Å². The molecular weight excluding hydrogens is 374 g/mol. The van der Waals surface area contributed by atoms with E-state index in [0.717, 1.165) is 22.4 Å². The number of nitrogens with two attached hydrogens (primary N) is 1. The molecule has 0 atom stereocenters. The molecule has 2 rings (SSSR count). The first-order valence-corrected chi connectivity index (χ1v) is 7.95. The van der Waals surface area contributed by atoms with Crippen molar-refractivity contribution in [3.63, 3.8) is 0 Å². The van der Waals surface area contributed by atoms with Gasteiger partial charge < -0.3 is 10.5 Å². The van der Waals surface area contributed by atoms with Crippen LogP contribution in [0, 0.1) is 6.92 Å². The second-order valence-corrected chi connectivity index (χ2v) is 6.12. The summed E-state index contributed by atoms with van der Waals surface area (Å²) in [4.78, 5) is 0.279. The lowest BCUT2D eigenvalue weighted by Gasteiger charge is -2.12. The number of thiocarbonyl (C=S) groups is 1. The molecule has 0 bridgehead atoms. The minimum atomic E-state index is 0.279. The highest BCUT2D eigenvalue weighted by molar-refractivity contribution is 9.10. The molecule has 0 radical (unpaired) electrons. The number of hydrogen-bond donors (Lipinski definition) is 1. The first-order chi connectivity index (χ1) is 9.93. The highest BCUT2D eigenvalue weighted by Crippen LogP contribution is 2.27. The number of rotatable bonds is 5. The summed E-state index contributed by atoms with van der Waals surface area (Å²) in [6.07, 6.45) is 0. The Morgan fingerprint density at radius 1 is 1.52 bits per heavy atom. The van der Waals surface area contributed by atoms with Crippen molar-refractivity contribution in [1.29, 1.82) is 0 Å². The van der Waals surface area contributed by atoms with E-state index in [0.29, 0.717) is 22.9 Å². The fraction of sp³-hybridized carbons (Fsp3) is 0.286. The van der Waals surface area contributed by atoms with Crippen molar-refractivity contribution < 1.29 is 4.74 Å². The highest BCUT2D eigenvalue weighted by atomic mass is 79.9. The largest absolute Gasteiger partial charge is 0.486 e. The van der Waals surface area contributed by atoms with Crippen molar-refractivity contribution in [3.05, 3.63) is 44.6 Å². The van der Waals surface area contributed by atoms with Crippen LogP contribution in [-0.4, -0.2) is 14.8 Å². The number of ether oxygens (including phenoxy) is 1. The zero-order valence-corrected chi connectivity index (χ0v) is 14.8. The second-order valence-electron chi connectivity index (χ2n) is 4.46. The lowest BCUT2D eigenvalue weighted by molar-refractivity contribution is 0.291. The molecule has 112 valence electrons. The van der Waals surface area contributed by atoms with Gasteiger partial charge in [-0.3, -0.25) is 4.68 Å². The van der Waals surface area contributed by atoms with Gasteiger partial charge in [0.15, 0.2) is 0 Å². The standard InChI is InChI=1S/C14H15BrClN3OS/c1-3-19-11(13(15)8(2)18-19)7-20-12-6-9(16)4-5-10(12)14(17)21/h4-6H,3,7H2,1-2H3,(H2,17,21). The van der Waals surface area contributed by atoms with Gasteiger partial charge in [0.1, 0.15) is 17.3 Å². The van der Waals surface area contributed by atoms with Crippen LogP contribution in [0.4, 0.5) is 0 Å². The Balaban J connectivity index is 2.28. The molecule has 0 aliphatic rings. The minimum absolute atomic E-state index is 0.279. The Morgan fingerprint density at radius 2 is 2.24 bits per heavy atom. The molecule has 0 amide bonds. The Labute approximate surface area is 142 Å². The predicted molar refractivity (Wildman–Crippen MR) is 92.0 cm³/mol. The van der Waals surface area contributed by atoms with Gasteiger partial charge in [0.05, 0.1) is 21.4 Å². The van der Waals surface area contributed by atoms with Gasteiger partial charge in [0.25, 0.3) is 0 Å². The Morgan fingerprint density at radius 3 is 2.86 bits per heavy atom. The van der Waals surface area contributed by atoms with E-state index >= 15 is 0 Å². The van der Waals surface area contributed by atoms with E-state index in [9.17, 15) is 0 Å². The van der Waals surface area contributed by atoms with E-state index in [1.165, 1.54) is 0 Å². The molecule has 0 fully saturated rings. The van der Waals surface area contributed by atoms with E-state index < -0.39 is 0 Å². The maximum absolute atomic E-state index is 6.01. The number of aryl methyl sites for hydroxylation is 2.